The van der Waals surface area contributed by atoms with Crippen molar-refractivity contribution in [1.29, 1.82) is 0 Å². The summed E-state index contributed by atoms with van der Waals surface area (Å²) in [4.78, 5) is 29.0. The van der Waals surface area contributed by atoms with Gasteiger partial charge in [0.2, 0.25) is 11.8 Å². The highest BCUT2D eigenvalue weighted by atomic mass is 16.2. The fourth-order valence-electron chi connectivity index (χ4n) is 3.65. The average Bonchev–Trinajstić information content (AvgIpc) is 2.52. The highest BCUT2D eigenvalue weighted by molar-refractivity contribution is 5.96. The zero-order chi connectivity index (χ0) is 15.4. The number of nitrogens with zero attached hydrogens (tertiary/aromatic N) is 2. The van der Waals surface area contributed by atoms with Gasteiger partial charge in [0.05, 0.1) is 0 Å². The normalized spacial score (nSPS) is 27.8. The Bertz CT molecular complexity index is 383. The Kier molecular flexibility index (Phi) is 5.65. The van der Waals surface area contributed by atoms with Gasteiger partial charge in [-0.15, -0.1) is 0 Å². The van der Waals surface area contributed by atoms with Crippen molar-refractivity contribution in [2.75, 3.05) is 13.1 Å². The number of unbranched alkanes of at least 4 members (excludes halogenated alkanes) is 1. The summed E-state index contributed by atoms with van der Waals surface area (Å²) >= 11 is 0. The highest BCUT2D eigenvalue weighted by Gasteiger charge is 2.44. The van der Waals surface area contributed by atoms with Gasteiger partial charge < -0.3 is 9.80 Å². The fourth-order valence-corrected chi connectivity index (χ4v) is 3.65. The van der Waals surface area contributed by atoms with Crippen molar-refractivity contribution in [1.82, 2.24) is 9.80 Å². The minimum atomic E-state index is -0.275. The molecule has 2 fully saturated rings. The molecule has 0 bridgehead atoms. The molecule has 0 radical (unpaired) electrons. The molecule has 3 atom stereocenters. The number of hydrogen-bond acceptors (Lipinski definition) is 2. The number of rotatable bonds is 6. The number of amides is 2. The number of piperazine rings is 1. The van der Waals surface area contributed by atoms with Crippen LogP contribution in [0.3, 0.4) is 0 Å². The van der Waals surface area contributed by atoms with Gasteiger partial charge in [-0.25, -0.2) is 0 Å². The SMILES string of the molecule is CCCCC(CC)CN1C(=O)C2CCCCN2C(=O)C1C. The fraction of sp³-hybridized carbons (Fsp3) is 0.882. The summed E-state index contributed by atoms with van der Waals surface area (Å²) in [6.07, 6.45) is 7.59. The molecule has 3 unspecified atom stereocenters. The summed E-state index contributed by atoms with van der Waals surface area (Å²) in [6, 6.07) is -0.450. The molecular formula is C17H30N2O2. The van der Waals surface area contributed by atoms with Crippen molar-refractivity contribution >= 4 is 11.8 Å². The molecular weight excluding hydrogens is 264 g/mol. The molecule has 21 heavy (non-hydrogen) atoms. The number of carbonyl (C=O) groups is 2. The second kappa shape index (κ2) is 7.28. The van der Waals surface area contributed by atoms with E-state index in [1.807, 2.05) is 16.7 Å². The van der Waals surface area contributed by atoms with Crippen LogP contribution in [0.2, 0.25) is 0 Å². The predicted octanol–water partition coefficient (Wildman–Crippen LogP) is 2.81. The molecule has 2 saturated heterocycles. The van der Waals surface area contributed by atoms with Crippen molar-refractivity contribution < 1.29 is 9.59 Å². The Balaban J connectivity index is 2.07. The van der Waals surface area contributed by atoms with Crippen LogP contribution in [0.5, 0.6) is 0 Å². The topological polar surface area (TPSA) is 40.6 Å². The van der Waals surface area contributed by atoms with Crippen LogP contribution in [0.25, 0.3) is 0 Å². The number of fused-ring (bicyclic) bond motifs is 1. The van der Waals surface area contributed by atoms with E-state index in [1.165, 1.54) is 12.8 Å². The first-order chi connectivity index (χ1) is 10.1. The summed E-state index contributed by atoms with van der Waals surface area (Å²) in [5.74, 6) is 0.876. The minimum Gasteiger partial charge on any atom is -0.329 e. The molecule has 2 aliphatic heterocycles. The van der Waals surface area contributed by atoms with Gasteiger partial charge in [0.1, 0.15) is 12.1 Å². The number of piperidine rings is 1. The van der Waals surface area contributed by atoms with Crippen molar-refractivity contribution in [2.45, 2.75) is 77.8 Å². The molecule has 0 spiro atoms. The largest absolute Gasteiger partial charge is 0.329 e. The molecule has 0 N–H and O–H groups in total. The van der Waals surface area contributed by atoms with Crippen LogP contribution < -0.4 is 0 Å². The standard InChI is InChI=1S/C17H30N2O2/c1-4-6-9-14(5-2)12-19-13(3)16(20)18-11-8-7-10-15(18)17(19)21/h13-15H,4-12H2,1-3H3. The smallest absolute Gasteiger partial charge is 0.246 e. The lowest BCUT2D eigenvalue weighted by molar-refractivity contribution is -0.163. The molecule has 2 rings (SSSR count). The summed E-state index contributed by atoms with van der Waals surface area (Å²) in [7, 11) is 0. The first kappa shape index (κ1) is 16.3. The van der Waals surface area contributed by atoms with E-state index >= 15 is 0 Å². The van der Waals surface area contributed by atoms with E-state index < -0.39 is 0 Å². The van der Waals surface area contributed by atoms with Crippen LogP contribution in [0, 0.1) is 5.92 Å². The summed E-state index contributed by atoms with van der Waals surface area (Å²) in [6.45, 7) is 7.81. The Morgan fingerprint density at radius 3 is 2.62 bits per heavy atom. The van der Waals surface area contributed by atoms with Crippen LogP contribution in [0.4, 0.5) is 0 Å². The van der Waals surface area contributed by atoms with Crippen molar-refractivity contribution in [3.8, 4) is 0 Å². The molecule has 2 heterocycles. The summed E-state index contributed by atoms with van der Waals surface area (Å²) < 4.78 is 0. The molecule has 4 nitrogen and oxygen atoms in total. The molecule has 0 aromatic rings. The van der Waals surface area contributed by atoms with E-state index in [-0.39, 0.29) is 23.9 Å². The quantitative estimate of drug-likeness (QED) is 0.756. The lowest BCUT2D eigenvalue weighted by atomic mass is 9.93. The summed E-state index contributed by atoms with van der Waals surface area (Å²) in [5, 5.41) is 0. The van der Waals surface area contributed by atoms with Gasteiger partial charge in [0.15, 0.2) is 0 Å². The van der Waals surface area contributed by atoms with Gasteiger partial charge >= 0.3 is 0 Å². The van der Waals surface area contributed by atoms with Gasteiger partial charge in [-0.3, -0.25) is 9.59 Å². The predicted molar refractivity (Wildman–Crippen MR) is 83.8 cm³/mol. The van der Waals surface area contributed by atoms with Crippen LogP contribution in [0.1, 0.15) is 65.7 Å². The molecule has 0 aromatic carbocycles. The lowest BCUT2D eigenvalue weighted by Crippen LogP contribution is -2.65. The third-order valence-corrected chi connectivity index (χ3v) is 5.18. The van der Waals surface area contributed by atoms with Gasteiger partial charge in [-0.1, -0.05) is 33.1 Å². The van der Waals surface area contributed by atoms with E-state index in [9.17, 15) is 9.59 Å². The molecule has 2 aliphatic rings. The number of carbonyl (C=O) groups excluding carboxylic acids is 2. The molecule has 2 amide bonds. The third kappa shape index (κ3) is 3.41. The van der Waals surface area contributed by atoms with Crippen LogP contribution in [-0.4, -0.2) is 46.8 Å². The maximum absolute atomic E-state index is 12.8. The second-order valence-corrected chi connectivity index (χ2v) is 6.63. The highest BCUT2D eigenvalue weighted by Crippen LogP contribution is 2.27. The molecule has 0 aromatic heterocycles. The third-order valence-electron chi connectivity index (χ3n) is 5.18. The van der Waals surface area contributed by atoms with Crippen LogP contribution in [-0.2, 0) is 9.59 Å². The molecule has 120 valence electrons. The van der Waals surface area contributed by atoms with E-state index in [0.717, 1.165) is 45.2 Å². The Labute approximate surface area is 128 Å². The van der Waals surface area contributed by atoms with Gasteiger partial charge in [-0.05, 0) is 38.5 Å². The van der Waals surface area contributed by atoms with E-state index in [0.29, 0.717) is 5.92 Å². The molecule has 4 heteroatoms. The first-order valence-corrected chi connectivity index (χ1v) is 8.71. The van der Waals surface area contributed by atoms with Crippen molar-refractivity contribution in [3.05, 3.63) is 0 Å². The van der Waals surface area contributed by atoms with E-state index in [1.54, 1.807) is 0 Å². The zero-order valence-electron chi connectivity index (χ0n) is 13.8. The Morgan fingerprint density at radius 2 is 1.95 bits per heavy atom. The zero-order valence-corrected chi connectivity index (χ0v) is 13.8. The van der Waals surface area contributed by atoms with Gasteiger partial charge in [-0.2, -0.15) is 0 Å². The monoisotopic (exact) mass is 294 g/mol. The average molecular weight is 294 g/mol. The van der Waals surface area contributed by atoms with E-state index in [4.69, 9.17) is 0 Å². The van der Waals surface area contributed by atoms with Crippen LogP contribution >= 0.6 is 0 Å². The van der Waals surface area contributed by atoms with Gasteiger partial charge in [0, 0.05) is 13.1 Å². The van der Waals surface area contributed by atoms with Gasteiger partial charge in [0.25, 0.3) is 0 Å². The Morgan fingerprint density at radius 1 is 1.19 bits per heavy atom. The first-order valence-electron chi connectivity index (χ1n) is 8.71. The maximum atomic E-state index is 12.8. The van der Waals surface area contributed by atoms with E-state index in [2.05, 4.69) is 13.8 Å². The summed E-state index contributed by atoms with van der Waals surface area (Å²) in [5.41, 5.74) is 0. The molecule has 0 saturated carbocycles. The van der Waals surface area contributed by atoms with Crippen LogP contribution in [0.15, 0.2) is 0 Å². The minimum absolute atomic E-state index is 0.157. The van der Waals surface area contributed by atoms with Crippen molar-refractivity contribution in [2.24, 2.45) is 5.92 Å². The molecule has 0 aliphatic carbocycles. The number of hydrogen-bond donors (Lipinski definition) is 0. The lowest BCUT2D eigenvalue weighted by Gasteiger charge is -2.46. The van der Waals surface area contributed by atoms with Crippen molar-refractivity contribution in [3.63, 3.8) is 0 Å². The maximum Gasteiger partial charge on any atom is 0.246 e. The second-order valence-electron chi connectivity index (χ2n) is 6.63. The Hall–Kier alpha value is -1.06.